The molecule has 1 saturated carbocycles. The van der Waals surface area contributed by atoms with E-state index in [1.54, 1.807) is 0 Å². The lowest BCUT2D eigenvalue weighted by atomic mass is 9.77. The van der Waals surface area contributed by atoms with E-state index in [1.807, 2.05) is 47.4 Å². The molecule has 1 atom stereocenters. The molecule has 5 nitrogen and oxygen atoms in total. The topological polar surface area (TPSA) is 66.1 Å². The summed E-state index contributed by atoms with van der Waals surface area (Å²) in [6, 6.07) is 14.0. The van der Waals surface area contributed by atoms with Crippen LogP contribution in [0.2, 0.25) is 0 Å². The molecule has 2 fully saturated rings. The third kappa shape index (κ3) is 2.72. The summed E-state index contributed by atoms with van der Waals surface area (Å²) in [7, 11) is 0. The van der Waals surface area contributed by atoms with Crippen molar-refractivity contribution in [3.8, 4) is 0 Å². The van der Waals surface area contributed by atoms with Gasteiger partial charge in [0.2, 0.25) is 0 Å². The summed E-state index contributed by atoms with van der Waals surface area (Å²) in [5.74, 6) is 1.36. The quantitative estimate of drug-likeness (QED) is 0.710. The van der Waals surface area contributed by atoms with Gasteiger partial charge in [-0.05, 0) is 55.4 Å². The van der Waals surface area contributed by atoms with Crippen molar-refractivity contribution in [1.29, 1.82) is 0 Å². The minimum Gasteiger partial charge on any atom is -0.338 e. The van der Waals surface area contributed by atoms with Crippen molar-refractivity contribution in [3.63, 3.8) is 0 Å². The zero-order valence-electron chi connectivity index (χ0n) is 17.0. The second kappa shape index (κ2) is 6.53. The Morgan fingerprint density at radius 1 is 1.10 bits per heavy atom. The lowest BCUT2D eigenvalue weighted by Crippen LogP contribution is -2.48. The monoisotopic (exact) mass is 399 g/mol. The molecule has 5 heteroatoms. The lowest BCUT2D eigenvalue weighted by molar-refractivity contribution is 0.0635. The van der Waals surface area contributed by atoms with E-state index in [0.717, 1.165) is 78.5 Å². The van der Waals surface area contributed by atoms with E-state index < -0.39 is 0 Å². The van der Waals surface area contributed by atoms with Gasteiger partial charge in [0.1, 0.15) is 5.82 Å². The number of carbonyl (C=O) groups excluding carboxylic acids is 1. The van der Waals surface area contributed by atoms with Crippen LogP contribution >= 0.6 is 0 Å². The number of piperidine rings is 1. The molecule has 1 unspecified atom stereocenters. The fraction of sp³-hybridized carbons (Fsp3) is 0.400. The number of amides is 1. The predicted molar refractivity (Wildman–Crippen MR) is 116 cm³/mol. The normalized spacial score (nSPS) is 23.1. The number of benzene rings is 2. The van der Waals surface area contributed by atoms with Crippen LogP contribution in [0.1, 0.15) is 65.5 Å². The summed E-state index contributed by atoms with van der Waals surface area (Å²) < 4.78 is 0. The first kappa shape index (κ1) is 17.9. The number of nitrogens with zero attached hydrogens (tertiary/aromatic N) is 2. The molecule has 2 aromatic carbocycles. The zero-order valence-corrected chi connectivity index (χ0v) is 17.0. The smallest absolute Gasteiger partial charge is 0.254 e. The van der Waals surface area contributed by atoms with Crippen molar-refractivity contribution in [1.82, 2.24) is 14.9 Å². The molecule has 1 aromatic heterocycles. The molecule has 1 saturated heterocycles. The number of nitrogens with one attached hydrogen (secondary N) is 1. The van der Waals surface area contributed by atoms with Crippen LogP contribution in [0, 0.1) is 0 Å². The Bertz CT molecular complexity index is 1220. The van der Waals surface area contributed by atoms with E-state index in [-0.39, 0.29) is 16.9 Å². The third-order valence-corrected chi connectivity index (χ3v) is 7.24. The van der Waals surface area contributed by atoms with Gasteiger partial charge >= 0.3 is 0 Å². The molecule has 2 heterocycles. The molecule has 3 aromatic rings. The molecule has 3 aliphatic rings. The summed E-state index contributed by atoms with van der Waals surface area (Å²) in [6.07, 6.45) is 5.84. The Balaban J connectivity index is 1.37. The van der Waals surface area contributed by atoms with E-state index in [2.05, 4.69) is 4.98 Å². The number of hydrogen-bond donors (Lipinski definition) is 1. The Kier molecular flexibility index (Phi) is 3.89. The van der Waals surface area contributed by atoms with Crippen molar-refractivity contribution in [3.05, 3.63) is 75.5 Å². The van der Waals surface area contributed by atoms with E-state index in [1.165, 1.54) is 0 Å². The van der Waals surface area contributed by atoms with Crippen LogP contribution in [-0.2, 0) is 11.8 Å². The molecule has 152 valence electrons. The maximum absolute atomic E-state index is 13.6. The Labute approximate surface area is 175 Å². The molecule has 6 rings (SSSR count). The summed E-state index contributed by atoms with van der Waals surface area (Å²) >= 11 is 0. The van der Waals surface area contributed by atoms with Crippen molar-refractivity contribution in [2.24, 2.45) is 0 Å². The maximum Gasteiger partial charge on any atom is 0.254 e. The number of rotatable bonds is 2. The highest BCUT2D eigenvalue weighted by molar-refractivity contribution is 6.07. The molecule has 1 amide bonds. The number of aromatic amines is 1. The van der Waals surface area contributed by atoms with Crippen LogP contribution in [0.5, 0.6) is 0 Å². The molecule has 1 spiro atoms. The van der Waals surface area contributed by atoms with Gasteiger partial charge in [-0.1, -0.05) is 36.4 Å². The highest BCUT2D eigenvalue weighted by Gasteiger charge is 2.46. The van der Waals surface area contributed by atoms with Gasteiger partial charge in [0.25, 0.3) is 11.5 Å². The van der Waals surface area contributed by atoms with Gasteiger partial charge in [0.05, 0.1) is 5.69 Å². The number of hydrogen-bond acceptors (Lipinski definition) is 3. The molecule has 0 bridgehead atoms. The lowest BCUT2D eigenvalue weighted by Gasteiger charge is -2.40. The van der Waals surface area contributed by atoms with Gasteiger partial charge in [-0.3, -0.25) is 9.59 Å². The molecule has 30 heavy (non-hydrogen) atoms. The summed E-state index contributed by atoms with van der Waals surface area (Å²) in [5.41, 5.74) is 2.45. The Morgan fingerprint density at radius 2 is 1.93 bits per heavy atom. The predicted octanol–water partition coefficient (Wildman–Crippen LogP) is 3.92. The number of likely N-dealkylation sites (tertiary alicyclic amines) is 1. The Hall–Kier alpha value is -2.95. The van der Waals surface area contributed by atoms with Crippen LogP contribution < -0.4 is 5.56 Å². The largest absolute Gasteiger partial charge is 0.338 e. The van der Waals surface area contributed by atoms with E-state index in [9.17, 15) is 9.59 Å². The number of aromatic nitrogens is 2. The van der Waals surface area contributed by atoms with Gasteiger partial charge in [0.15, 0.2) is 0 Å². The molecular formula is C25H25N3O2. The molecular weight excluding hydrogens is 374 g/mol. The van der Waals surface area contributed by atoms with Gasteiger partial charge in [-0.25, -0.2) is 4.98 Å². The summed E-state index contributed by atoms with van der Waals surface area (Å²) in [5, 5.41) is 2.09. The highest BCUT2D eigenvalue weighted by atomic mass is 16.2. The Morgan fingerprint density at radius 3 is 2.80 bits per heavy atom. The van der Waals surface area contributed by atoms with Gasteiger partial charge in [0, 0.05) is 35.5 Å². The first-order valence-electron chi connectivity index (χ1n) is 11.1. The maximum atomic E-state index is 13.6. The number of H-pyrrole nitrogens is 1. The van der Waals surface area contributed by atoms with Gasteiger partial charge in [-0.2, -0.15) is 0 Å². The van der Waals surface area contributed by atoms with Crippen LogP contribution in [0.15, 0.2) is 47.3 Å². The van der Waals surface area contributed by atoms with Crippen molar-refractivity contribution in [2.45, 2.75) is 49.9 Å². The van der Waals surface area contributed by atoms with Crippen LogP contribution in [0.25, 0.3) is 10.8 Å². The van der Waals surface area contributed by atoms with Crippen molar-refractivity contribution >= 4 is 16.7 Å². The second-order valence-electron chi connectivity index (χ2n) is 9.19. The van der Waals surface area contributed by atoms with Crippen LogP contribution in [0.4, 0.5) is 0 Å². The zero-order chi connectivity index (χ0) is 20.3. The summed E-state index contributed by atoms with van der Waals surface area (Å²) in [6.45, 7) is 1.42. The highest BCUT2D eigenvalue weighted by Crippen LogP contribution is 2.45. The standard InChI is InChI=1S/C25H25N3O2/c29-23-20-11-13-25(21(20)26-22(27-23)17-9-10-17)12-4-14-28(15-25)24(30)19-8-3-6-16-5-1-2-7-18(16)19/h1-3,5-8,17H,4,9-15H2,(H,26,27,29). The van der Waals surface area contributed by atoms with Crippen molar-refractivity contribution in [2.75, 3.05) is 13.1 Å². The van der Waals surface area contributed by atoms with E-state index in [4.69, 9.17) is 4.98 Å². The van der Waals surface area contributed by atoms with Crippen LogP contribution in [0.3, 0.4) is 0 Å². The first-order chi connectivity index (χ1) is 14.6. The minimum absolute atomic E-state index is 0.0382. The fourth-order valence-electron chi connectivity index (χ4n) is 5.50. The average Bonchev–Trinajstić information content (AvgIpc) is 3.57. The molecule has 0 radical (unpaired) electrons. The van der Waals surface area contributed by atoms with E-state index >= 15 is 0 Å². The first-order valence-corrected chi connectivity index (χ1v) is 11.1. The minimum atomic E-state index is -0.175. The fourth-order valence-corrected chi connectivity index (χ4v) is 5.50. The van der Waals surface area contributed by atoms with Gasteiger partial charge < -0.3 is 9.88 Å². The molecule has 1 aliphatic heterocycles. The van der Waals surface area contributed by atoms with Crippen molar-refractivity contribution < 1.29 is 4.79 Å². The van der Waals surface area contributed by atoms with E-state index in [0.29, 0.717) is 12.5 Å². The molecule has 2 aliphatic carbocycles. The second-order valence-corrected chi connectivity index (χ2v) is 9.19. The SMILES string of the molecule is O=C(c1cccc2ccccc12)N1CCCC2(CCc3c2nc(C2CC2)[nH]c3=O)C1. The summed E-state index contributed by atoms with van der Waals surface area (Å²) in [4.78, 5) is 36.3. The van der Waals surface area contributed by atoms with Crippen LogP contribution in [-0.4, -0.2) is 33.9 Å². The molecule has 1 N–H and O–H groups in total. The number of carbonyl (C=O) groups is 1. The number of fused-ring (bicyclic) bond motifs is 3. The van der Waals surface area contributed by atoms with Gasteiger partial charge in [-0.15, -0.1) is 0 Å². The average molecular weight is 399 g/mol. The third-order valence-electron chi connectivity index (χ3n) is 7.24.